The molecule has 2 fully saturated rings. The number of benzene rings is 1. The van der Waals surface area contributed by atoms with Crippen molar-refractivity contribution in [1.82, 2.24) is 0 Å². The van der Waals surface area contributed by atoms with Gasteiger partial charge in [0.05, 0.1) is 24.0 Å². The van der Waals surface area contributed by atoms with E-state index in [2.05, 4.69) is 4.99 Å². The lowest BCUT2D eigenvalue weighted by Crippen LogP contribution is -2.37. The molecule has 25 heavy (non-hydrogen) atoms. The van der Waals surface area contributed by atoms with Gasteiger partial charge in [-0.1, -0.05) is 29.4 Å². The van der Waals surface area contributed by atoms with Crippen LogP contribution in [0.5, 0.6) is 0 Å². The number of hydrogen-bond donors (Lipinski definition) is 1. The van der Waals surface area contributed by atoms with E-state index in [-0.39, 0.29) is 35.6 Å². The van der Waals surface area contributed by atoms with E-state index in [0.717, 1.165) is 0 Å². The summed E-state index contributed by atoms with van der Waals surface area (Å²) in [5.41, 5.74) is 0.661. The monoisotopic (exact) mass is 402 g/mol. The Labute approximate surface area is 154 Å². The van der Waals surface area contributed by atoms with Crippen LogP contribution in [-0.2, 0) is 19.4 Å². The van der Waals surface area contributed by atoms with Crippen molar-refractivity contribution in [2.75, 3.05) is 16.4 Å². The zero-order chi connectivity index (χ0) is 18.2. The van der Waals surface area contributed by atoms with Crippen LogP contribution in [0, 0.1) is 0 Å². The molecule has 0 spiro atoms. The van der Waals surface area contributed by atoms with Crippen molar-refractivity contribution in [1.29, 1.82) is 0 Å². The van der Waals surface area contributed by atoms with Crippen LogP contribution in [-0.4, -0.2) is 53.4 Å². The molecule has 2 aliphatic rings. The highest BCUT2D eigenvalue weighted by molar-refractivity contribution is 8.16. The lowest BCUT2D eigenvalue weighted by atomic mass is 10.2. The van der Waals surface area contributed by atoms with Gasteiger partial charge in [0.1, 0.15) is 0 Å². The molecule has 0 aliphatic carbocycles. The van der Waals surface area contributed by atoms with E-state index in [1.54, 1.807) is 29.2 Å². The normalized spacial score (nSPS) is 26.0. The van der Waals surface area contributed by atoms with Crippen molar-refractivity contribution in [2.24, 2.45) is 4.99 Å². The molecule has 2 saturated heterocycles. The second kappa shape index (κ2) is 6.97. The fourth-order valence-corrected chi connectivity index (χ4v) is 6.98. The Morgan fingerprint density at radius 1 is 1.32 bits per heavy atom. The number of anilines is 1. The summed E-state index contributed by atoms with van der Waals surface area (Å²) in [7, 11) is -3.14. The summed E-state index contributed by atoms with van der Waals surface area (Å²) in [5, 5.41) is 9.34. The Morgan fingerprint density at radius 3 is 2.76 bits per heavy atom. The number of carboxylic acids is 1. The number of aliphatic carboxylic acids is 1. The summed E-state index contributed by atoms with van der Waals surface area (Å²) in [6.45, 7) is 0. The van der Waals surface area contributed by atoms with Crippen LogP contribution in [0.2, 0.25) is 5.02 Å². The fraction of sp³-hybridized carbons (Fsp3) is 0.400. The summed E-state index contributed by atoms with van der Waals surface area (Å²) in [6, 6.07) is 6.58. The van der Waals surface area contributed by atoms with Crippen LogP contribution in [0.15, 0.2) is 29.3 Å². The first-order chi connectivity index (χ1) is 11.7. The van der Waals surface area contributed by atoms with Gasteiger partial charge in [-0.3, -0.25) is 9.59 Å². The van der Waals surface area contributed by atoms with Gasteiger partial charge in [-0.05, 0) is 18.2 Å². The number of amides is 1. The fourth-order valence-electron chi connectivity index (χ4n) is 2.87. The Kier molecular flexibility index (Phi) is 5.08. The van der Waals surface area contributed by atoms with Crippen molar-refractivity contribution in [3.8, 4) is 0 Å². The largest absolute Gasteiger partial charge is 0.481 e. The standard InChI is InChI=1S/C15H15ClN2O5S2/c16-9-2-1-3-10(6-9)18-11-7-25(22,23)8-12(11)24-15(18)17-13(19)4-5-14(20)21/h1-3,6,11-12H,4-5,7-8H2,(H,20,21)/t11-,12+/m1/s1. The molecule has 0 unspecified atom stereocenters. The molecule has 2 aliphatic heterocycles. The molecule has 0 saturated carbocycles. The minimum atomic E-state index is -3.14. The highest BCUT2D eigenvalue weighted by Crippen LogP contribution is 2.41. The van der Waals surface area contributed by atoms with Gasteiger partial charge in [0.15, 0.2) is 15.0 Å². The third-order valence-corrected chi connectivity index (χ3v) is 7.37. The molecule has 0 radical (unpaired) electrons. The molecule has 1 aromatic rings. The Bertz CT molecular complexity index is 855. The predicted molar refractivity (Wildman–Crippen MR) is 97.1 cm³/mol. The summed E-state index contributed by atoms with van der Waals surface area (Å²) in [6.07, 6.45) is -0.491. The van der Waals surface area contributed by atoms with E-state index in [9.17, 15) is 18.0 Å². The summed E-state index contributed by atoms with van der Waals surface area (Å²) >= 11 is 7.28. The quantitative estimate of drug-likeness (QED) is 0.818. The van der Waals surface area contributed by atoms with Crippen molar-refractivity contribution < 1.29 is 23.1 Å². The number of thioether (sulfide) groups is 1. The van der Waals surface area contributed by atoms with E-state index >= 15 is 0 Å². The van der Waals surface area contributed by atoms with Crippen molar-refractivity contribution in [3.05, 3.63) is 29.3 Å². The van der Waals surface area contributed by atoms with Gasteiger partial charge in [-0.15, -0.1) is 0 Å². The van der Waals surface area contributed by atoms with Gasteiger partial charge in [-0.25, -0.2) is 8.42 Å². The van der Waals surface area contributed by atoms with Crippen LogP contribution in [0.3, 0.4) is 0 Å². The molecule has 1 amide bonds. The number of nitrogens with zero attached hydrogens (tertiary/aromatic N) is 2. The van der Waals surface area contributed by atoms with Crippen LogP contribution >= 0.6 is 23.4 Å². The molecule has 7 nitrogen and oxygen atoms in total. The summed E-state index contributed by atoms with van der Waals surface area (Å²) in [5.74, 6) is -1.59. The highest BCUT2D eigenvalue weighted by atomic mass is 35.5. The second-order valence-corrected chi connectivity index (χ2v) is 9.63. The number of carbonyl (C=O) groups excluding carboxylic acids is 1. The zero-order valence-electron chi connectivity index (χ0n) is 13.0. The molecule has 10 heteroatoms. The van der Waals surface area contributed by atoms with Gasteiger partial charge < -0.3 is 10.0 Å². The molecule has 134 valence electrons. The van der Waals surface area contributed by atoms with Crippen molar-refractivity contribution >= 4 is 55.9 Å². The molecular formula is C15H15ClN2O5S2. The third-order valence-electron chi connectivity index (χ3n) is 3.93. The number of fused-ring (bicyclic) bond motifs is 1. The SMILES string of the molecule is O=C(O)CCC(=O)N=C1S[C@H]2CS(=O)(=O)C[C@H]2N1c1cccc(Cl)c1. The zero-order valence-corrected chi connectivity index (χ0v) is 15.4. The average Bonchev–Trinajstić information content (AvgIpc) is 2.96. The topological polar surface area (TPSA) is 104 Å². The van der Waals surface area contributed by atoms with Gasteiger partial charge >= 0.3 is 5.97 Å². The first-order valence-electron chi connectivity index (χ1n) is 7.50. The van der Waals surface area contributed by atoms with Gasteiger partial charge in [0.25, 0.3) is 0 Å². The molecule has 2 atom stereocenters. The first kappa shape index (κ1) is 18.2. The number of carbonyl (C=O) groups is 2. The molecule has 0 bridgehead atoms. The maximum atomic E-state index is 12.0. The van der Waals surface area contributed by atoms with Crippen LogP contribution in [0.4, 0.5) is 5.69 Å². The number of sulfone groups is 1. The van der Waals surface area contributed by atoms with E-state index in [1.807, 2.05) is 0 Å². The van der Waals surface area contributed by atoms with E-state index in [1.165, 1.54) is 11.8 Å². The lowest BCUT2D eigenvalue weighted by molar-refractivity contribution is -0.138. The van der Waals surface area contributed by atoms with E-state index in [4.69, 9.17) is 16.7 Å². The minimum Gasteiger partial charge on any atom is -0.481 e. The molecule has 2 heterocycles. The predicted octanol–water partition coefficient (Wildman–Crippen LogP) is 1.81. The molecule has 0 aromatic heterocycles. The number of carboxylic acid groups (broad SMARTS) is 1. The maximum absolute atomic E-state index is 12.0. The lowest BCUT2D eigenvalue weighted by Gasteiger charge is -2.24. The van der Waals surface area contributed by atoms with Crippen molar-refractivity contribution in [3.63, 3.8) is 0 Å². The highest BCUT2D eigenvalue weighted by Gasteiger charge is 2.49. The van der Waals surface area contributed by atoms with Crippen LogP contribution in [0.25, 0.3) is 0 Å². The van der Waals surface area contributed by atoms with Gasteiger partial charge in [-0.2, -0.15) is 4.99 Å². The van der Waals surface area contributed by atoms with Gasteiger partial charge in [0, 0.05) is 22.4 Å². The molecule has 1 aromatic carbocycles. The number of rotatable bonds is 4. The smallest absolute Gasteiger partial charge is 0.303 e. The summed E-state index contributed by atoms with van der Waals surface area (Å²) in [4.78, 5) is 28.3. The number of halogens is 1. The third kappa shape index (κ3) is 4.16. The minimum absolute atomic E-state index is 0.0144. The maximum Gasteiger partial charge on any atom is 0.303 e. The Hall–Kier alpha value is -1.58. The van der Waals surface area contributed by atoms with Crippen molar-refractivity contribution in [2.45, 2.75) is 24.1 Å². The summed E-state index contributed by atoms with van der Waals surface area (Å²) < 4.78 is 23.9. The second-order valence-electron chi connectivity index (χ2n) is 5.83. The Morgan fingerprint density at radius 2 is 2.08 bits per heavy atom. The van der Waals surface area contributed by atoms with E-state index < -0.39 is 21.7 Å². The number of aliphatic imine (C=N–C) groups is 1. The van der Waals surface area contributed by atoms with Crippen LogP contribution < -0.4 is 4.90 Å². The molecular weight excluding hydrogens is 388 g/mol. The average molecular weight is 403 g/mol. The number of amidine groups is 1. The number of hydrogen-bond acceptors (Lipinski definition) is 5. The van der Waals surface area contributed by atoms with Gasteiger partial charge in [0.2, 0.25) is 5.91 Å². The molecule has 1 N–H and O–H groups in total. The molecule has 3 rings (SSSR count). The Balaban J connectivity index is 1.92. The van der Waals surface area contributed by atoms with E-state index in [0.29, 0.717) is 15.9 Å². The van der Waals surface area contributed by atoms with Crippen LogP contribution in [0.1, 0.15) is 12.8 Å². The first-order valence-corrected chi connectivity index (χ1v) is 10.6.